The number of carbonyl (C=O) groups excluding carboxylic acids is 1. The second kappa shape index (κ2) is 10.4. The Kier molecular flexibility index (Phi) is 7.86. The minimum Gasteiger partial charge on any atom is -0.483 e. The van der Waals surface area contributed by atoms with E-state index in [0.717, 1.165) is 38.9 Å². The molecule has 1 spiro atoms. The molecule has 4 atom stereocenters. The van der Waals surface area contributed by atoms with Crippen LogP contribution in [0.3, 0.4) is 0 Å². The lowest BCUT2D eigenvalue weighted by molar-refractivity contribution is -0.126. The van der Waals surface area contributed by atoms with E-state index in [-0.39, 0.29) is 24.6 Å². The molecule has 3 aliphatic heterocycles. The van der Waals surface area contributed by atoms with Gasteiger partial charge >= 0.3 is 0 Å². The number of likely N-dealkylation sites (tertiary alicyclic amines) is 1. The van der Waals surface area contributed by atoms with Crippen molar-refractivity contribution in [2.75, 3.05) is 32.8 Å². The SMILES string of the molecule is CCCOCC(=O)NC[C@H]1[C@H]2CN(Cc3ccc(C)cc3)C[C@]23CC[C@H]1O3.O=CO. The van der Waals surface area contributed by atoms with Crippen molar-refractivity contribution in [2.45, 2.75) is 51.4 Å². The minimum absolute atomic E-state index is 0.00483. The molecule has 1 aromatic rings. The van der Waals surface area contributed by atoms with Crippen LogP contribution in [0.2, 0.25) is 0 Å². The highest BCUT2D eigenvalue weighted by molar-refractivity contribution is 5.77. The zero-order chi connectivity index (χ0) is 21.6. The Labute approximate surface area is 178 Å². The maximum Gasteiger partial charge on any atom is 0.290 e. The third-order valence-electron chi connectivity index (χ3n) is 6.50. The van der Waals surface area contributed by atoms with Gasteiger partial charge < -0.3 is 19.9 Å². The molecular formula is C23H34N2O5. The highest BCUT2D eigenvalue weighted by Gasteiger charge is 2.62. The zero-order valence-corrected chi connectivity index (χ0v) is 18.0. The Balaban J connectivity index is 0.000000806. The molecule has 3 fully saturated rings. The Bertz CT molecular complexity index is 710. The summed E-state index contributed by atoms with van der Waals surface area (Å²) in [6, 6.07) is 8.83. The van der Waals surface area contributed by atoms with Crippen LogP contribution in [0.4, 0.5) is 0 Å². The second-order valence-electron chi connectivity index (χ2n) is 8.65. The molecule has 7 nitrogen and oxygen atoms in total. The summed E-state index contributed by atoms with van der Waals surface area (Å²) in [5.74, 6) is 0.949. The molecule has 7 heteroatoms. The summed E-state index contributed by atoms with van der Waals surface area (Å²) in [6.07, 6.45) is 3.54. The molecule has 0 unspecified atom stereocenters. The summed E-state index contributed by atoms with van der Waals surface area (Å²) in [7, 11) is 0. The molecule has 0 aromatic heterocycles. The average Bonchev–Trinajstić information content (AvgIpc) is 3.37. The van der Waals surface area contributed by atoms with Crippen LogP contribution in [0, 0.1) is 18.8 Å². The van der Waals surface area contributed by atoms with E-state index in [0.29, 0.717) is 31.1 Å². The molecule has 30 heavy (non-hydrogen) atoms. The second-order valence-corrected chi connectivity index (χ2v) is 8.65. The third kappa shape index (κ3) is 5.20. The van der Waals surface area contributed by atoms with E-state index in [1.807, 2.05) is 6.92 Å². The van der Waals surface area contributed by atoms with Gasteiger partial charge in [0.2, 0.25) is 5.91 Å². The predicted molar refractivity (Wildman–Crippen MR) is 113 cm³/mol. The molecular weight excluding hydrogens is 384 g/mol. The van der Waals surface area contributed by atoms with Crippen molar-refractivity contribution in [3.05, 3.63) is 35.4 Å². The number of hydrogen-bond acceptors (Lipinski definition) is 5. The number of fused-ring (bicyclic) bond motifs is 1. The fourth-order valence-electron chi connectivity index (χ4n) is 5.22. The maximum atomic E-state index is 12.0. The number of nitrogens with one attached hydrogen (secondary N) is 1. The smallest absolute Gasteiger partial charge is 0.290 e. The fraction of sp³-hybridized carbons (Fsp3) is 0.652. The lowest BCUT2D eigenvalue weighted by Crippen LogP contribution is -2.42. The number of amides is 1. The van der Waals surface area contributed by atoms with Gasteiger partial charge in [-0.25, -0.2) is 0 Å². The van der Waals surface area contributed by atoms with E-state index < -0.39 is 0 Å². The van der Waals surface area contributed by atoms with E-state index in [4.69, 9.17) is 19.4 Å². The number of benzene rings is 1. The molecule has 1 aromatic carbocycles. The molecule has 0 saturated carbocycles. The topological polar surface area (TPSA) is 88.1 Å². The van der Waals surface area contributed by atoms with Crippen LogP contribution >= 0.6 is 0 Å². The van der Waals surface area contributed by atoms with Gasteiger partial charge in [0.05, 0.1) is 11.7 Å². The van der Waals surface area contributed by atoms with Crippen LogP contribution in [0.1, 0.15) is 37.3 Å². The van der Waals surface area contributed by atoms with Gasteiger partial charge in [0.25, 0.3) is 6.47 Å². The van der Waals surface area contributed by atoms with Gasteiger partial charge in [0, 0.05) is 44.6 Å². The lowest BCUT2D eigenvalue weighted by atomic mass is 9.73. The highest BCUT2D eigenvalue weighted by atomic mass is 16.5. The van der Waals surface area contributed by atoms with Crippen molar-refractivity contribution in [2.24, 2.45) is 11.8 Å². The van der Waals surface area contributed by atoms with Gasteiger partial charge in [0.1, 0.15) is 6.61 Å². The van der Waals surface area contributed by atoms with E-state index in [1.54, 1.807) is 0 Å². The van der Waals surface area contributed by atoms with Crippen LogP contribution in [-0.2, 0) is 25.6 Å². The first kappa shape index (κ1) is 22.7. The Morgan fingerprint density at radius 1 is 1.40 bits per heavy atom. The largest absolute Gasteiger partial charge is 0.483 e. The van der Waals surface area contributed by atoms with Gasteiger partial charge in [-0.05, 0) is 31.7 Å². The minimum atomic E-state index is -0.250. The van der Waals surface area contributed by atoms with E-state index >= 15 is 0 Å². The Morgan fingerprint density at radius 3 is 2.83 bits per heavy atom. The molecule has 166 valence electrons. The summed E-state index contributed by atoms with van der Waals surface area (Å²) in [6.45, 7) is 8.52. The summed E-state index contributed by atoms with van der Waals surface area (Å²) in [5.41, 5.74) is 2.68. The molecule has 0 radical (unpaired) electrons. The summed E-state index contributed by atoms with van der Waals surface area (Å²) < 4.78 is 11.8. The first-order valence-electron chi connectivity index (χ1n) is 10.9. The Morgan fingerprint density at radius 2 is 2.13 bits per heavy atom. The predicted octanol–water partition coefficient (Wildman–Crippen LogP) is 2.22. The molecule has 3 saturated heterocycles. The van der Waals surface area contributed by atoms with Crippen molar-refractivity contribution < 1.29 is 24.2 Å². The number of rotatable bonds is 8. The maximum absolute atomic E-state index is 12.0. The van der Waals surface area contributed by atoms with Crippen LogP contribution in [0.15, 0.2) is 24.3 Å². The number of carboxylic acid groups (broad SMARTS) is 1. The van der Waals surface area contributed by atoms with E-state index in [9.17, 15) is 4.79 Å². The Hall–Kier alpha value is -1.96. The third-order valence-corrected chi connectivity index (χ3v) is 6.50. The van der Waals surface area contributed by atoms with Gasteiger partial charge in [-0.1, -0.05) is 36.8 Å². The average molecular weight is 419 g/mol. The molecule has 4 rings (SSSR count). The molecule has 2 bridgehead atoms. The van der Waals surface area contributed by atoms with Crippen LogP contribution in [-0.4, -0.2) is 66.9 Å². The number of aryl methyl sites for hydroxylation is 1. The number of hydrogen-bond donors (Lipinski definition) is 2. The molecule has 3 aliphatic rings. The number of nitrogens with zero attached hydrogens (tertiary/aromatic N) is 1. The van der Waals surface area contributed by atoms with E-state index in [2.05, 4.69) is 41.4 Å². The normalized spacial score (nSPS) is 29.2. The zero-order valence-electron chi connectivity index (χ0n) is 18.0. The monoisotopic (exact) mass is 418 g/mol. The van der Waals surface area contributed by atoms with Crippen molar-refractivity contribution >= 4 is 12.4 Å². The highest BCUT2D eigenvalue weighted by Crippen LogP contribution is 2.54. The van der Waals surface area contributed by atoms with Crippen molar-refractivity contribution in [3.8, 4) is 0 Å². The van der Waals surface area contributed by atoms with Crippen molar-refractivity contribution in [1.82, 2.24) is 10.2 Å². The number of ether oxygens (including phenoxy) is 2. The van der Waals surface area contributed by atoms with Crippen LogP contribution in [0.5, 0.6) is 0 Å². The first-order valence-corrected chi connectivity index (χ1v) is 10.9. The van der Waals surface area contributed by atoms with Crippen LogP contribution in [0.25, 0.3) is 0 Å². The lowest BCUT2D eigenvalue weighted by Gasteiger charge is -2.29. The van der Waals surface area contributed by atoms with Gasteiger partial charge in [0.15, 0.2) is 0 Å². The standard InChI is InChI=1S/C22H32N2O3.CH2O2/c1-3-10-26-14-21(25)23-11-18-19-13-24(12-17-6-4-16(2)5-7-17)15-22(19)9-8-20(18)27-22;2-1-3/h4-7,18-20H,3,8-15H2,1-2H3,(H,23,25);1H,(H,2,3)/t18-,19+,20+,22+;/m0./s1. The molecule has 1 amide bonds. The van der Waals surface area contributed by atoms with Crippen LogP contribution < -0.4 is 5.32 Å². The van der Waals surface area contributed by atoms with Gasteiger partial charge in [-0.3, -0.25) is 14.5 Å². The summed E-state index contributed by atoms with van der Waals surface area (Å²) >= 11 is 0. The van der Waals surface area contributed by atoms with Crippen molar-refractivity contribution in [3.63, 3.8) is 0 Å². The number of carbonyl (C=O) groups is 2. The quantitative estimate of drug-likeness (QED) is 0.497. The fourth-order valence-corrected chi connectivity index (χ4v) is 5.22. The molecule has 3 heterocycles. The van der Waals surface area contributed by atoms with E-state index in [1.165, 1.54) is 11.1 Å². The van der Waals surface area contributed by atoms with Crippen molar-refractivity contribution in [1.29, 1.82) is 0 Å². The summed E-state index contributed by atoms with van der Waals surface area (Å²) in [5, 5.41) is 9.97. The van der Waals surface area contributed by atoms with Gasteiger partial charge in [-0.15, -0.1) is 0 Å². The summed E-state index contributed by atoms with van der Waals surface area (Å²) in [4.78, 5) is 22.9. The molecule has 0 aliphatic carbocycles. The van der Waals surface area contributed by atoms with Gasteiger partial charge in [-0.2, -0.15) is 0 Å². The molecule has 2 N–H and O–H groups in total. The first-order chi connectivity index (χ1) is 14.5.